The van der Waals surface area contributed by atoms with Gasteiger partial charge in [-0.1, -0.05) is 19.9 Å². The highest BCUT2D eigenvalue weighted by atomic mass is 16.5. The molecule has 2 rings (SSSR count). The van der Waals surface area contributed by atoms with Crippen molar-refractivity contribution in [3.63, 3.8) is 0 Å². The first-order chi connectivity index (χ1) is 6.94. The van der Waals surface area contributed by atoms with Crippen LogP contribution >= 0.6 is 0 Å². The van der Waals surface area contributed by atoms with Gasteiger partial charge in [-0.25, -0.2) is 4.79 Å². The fourth-order valence-electron chi connectivity index (χ4n) is 2.85. The van der Waals surface area contributed by atoms with Crippen LogP contribution in [0.25, 0.3) is 0 Å². The van der Waals surface area contributed by atoms with Gasteiger partial charge in [-0.2, -0.15) is 0 Å². The Morgan fingerprint density at radius 1 is 1.47 bits per heavy atom. The van der Waals surface area contributed by atoms with Crippen LogP contribution in [0.15, 0.2) is 11.6 Å². The van der Waals surface area contributed by atoms with Gasteiger partial charge in [-0.15, -0.1) is 0 Å². The highest BCUT2D eigenvalue weighted by Gasteiger charge is 2.48. The molecule has 0 aromatic carbocycles. The quantitative estimate of drug-likeness (QED) is 0.487. The lowest BCUT2D eigenvalue weighted by Crippen LogP contribution is -2.18. The van der Waals surface area contributed by atoms with Gasteiger partial charge in [0.25, 0.3) is 0 Å². The number of ketones is 1. The van der Waals surface area contributed by atoms with Gasteiger partial charge in [-0.3, -0.25) is 4.79 Å². The molecule has 3 nitrogen and oxygen atoms in total. The molecule has 2 atom stereocenters. The molecular weight excluding hydrogens is 192 g/mol. The zero-order chi connectivity index (χ0) is 11.2. The molecule has 0 radical (unpaired) electrons. The summed E-state index contributed by atoms with van der Waals surface area (Å²) >= 11 is 0. The summed E-state index contributed by atoms with van der Waals surface area (Å²) < 4.78 is 4.59. The summed E-state index contributed by atoms with van der Waals surface area (Å²) in [6.07, 6.45) is 3.69. The van der Waals surface area contributed by atoms with Crippen LogP contribution in [0.4, 0.5) is 0 Å². The number of hydrogen-bond donors (Lipinski definition) is 0. The molecule has 0 spiro atoms. The molecule has 0 amide bonds. The molecule has 82 valence electrons. The molecule has 2 aliphatic rings. The molecule has 0 aromatic heterocycles. The third kappa shape index (κ3) is 1.60. The highest BCUT2D eigenvalue weighted by molar-refractivity contribution is 6.19. The Kier molecular flexibility index (Phi) is 2.21. The fourth-order valence-corrected chi connectivity index (χ4v) is 2.85. The topological polar surface area (TPSA) is 43.4 Å². The fraction of sp³-hybridized carbons (Fsp3) is 0.667. The van der Waals surface area contributed by atoms with Gasteiger partial charge in [0.15, 0.2) is 5.78 Å². The van der Waals surface area contributed by atoms with Gasteiger partial charge >= 0.3 is 5.97 Å². The van der Waals surface area contributed by atoms with E-state index in [1.807, 2.05) is 6.08 Å². The van der Waals surface area contributed by atoms with E-state index in [1.54, 1.807) is 0 Å². The standard InChI is InChI=1S/C12H16O3/c1-12(2)5-7-4-8(11(14)15-3)10(13)9(7)6-12/h4,7,9H,5-6H2,1-3H3/t7-,9+/m0/s1. The Labute approximate surface area is 89.5 Å². The van der Waals surface area contributed by atoms with Crippen molar-refractivity contribution >= 4 is 11.8 Å². The van der Waals surface area contributed by atoms with Crippen molar-refractivity contribution in [1.29, 1.82) is 0 Å². The third-order valence-corrected chi connectivity index (χ3v) is 3.47. The number of rotatable bonds is 1. The predicted molar refractivity (Wildman–Crippen MR) is 55.1 cm³/mol. The first kappa shape index (κ1) is 10.4. The van der Waals surface area contributed by atoms with Crippen LogP contribution in [-0.4, -0.2) is 18.9 Å². The van der Waals surface area contributed by atoms with E-state index in [9.17, 15) is 9.59 Å². The molecule has 0 bridgehead atoms. The smallest absolute Gasteiger partial charge is 0.341 e. The Bertz CT molecular complexity index is 352. The van der Waals surface area contributed by atoms with Crippen LogP contribution in [0.1, 0.15) is 26.7 Å². The van der Waals surface area contributed by atoms with Gasteiger partial charge in [0.05, 0.1) is 12.7 Å². The highest BCUT2D eigenvalue weighted by Crippen LogP contribution is 2.50. The number of Topliss-reactive ketones (excluding diaryl/α,β-unsaturated/α-hetero) is 1. The van der Waals surface area contributed by atoms with E-state index in [0.29, 0.717) is 0 Å². The van der Waals surface area contributed by atoms with Crippen molar-refractivity contribution in [3.8, 4) is 0 Å². The van der Waals surface area contributed by atoms with E-state index in [-0.39, 0.29) is 28.6 Å². The van der Waals surface area contributed by atoms with Crippen molar-refractivity contribution in [3.05, 3.63) is 11.6 Å². The molecule has 3 heteroatoms. The maximum absolute atomic E-state index is 11.9. The lowest BCUT2D eigenvalue weighted by Gasteiger charge is -2.16. The van der Waals surface area contributed by atoms with Crippen molar-refractivity contribution in [2.24, 2.45) is 17.3 Å². The van der Waals surface area contributed by atoms with Crippen LogP contribution in [-0.2, 0) is 14.3 Å². The summed E-state index contributed by atoms with van der Waals surface area (Å²) in [5.41, 5.74) is 0.492. The second-order valence-corrected chi connectivity index (χ2v) is 5.28. The van der Waals surface area contributed by atoms with E-state index in [1.165, 1.54) is 7.11 Å². The van der Waals surface area contributed by atoms with Crippen LogP contribution < -0.4 is 0 Å². The maximum Gasteiger partial charge on any atom is 0.341 e. The third-order valence-electron chi connectivity index (χ3n) is 3.47. The minimum absolute atomic E-state index is 0.0163. The number of ether oxygens (including phenoxy) is 1. The van der Waals surface area contributed by atoms with Crippen LogP contribution in [0.2, 0.25) is 0 Å². The zero-order valence-corrected chi connectivity index (χ0v) is 9.37. The minimum Gasteiger partial charge on any atom is -0.465 e. The average molecular weight is 208 g/mol. The molecule has 0 aromatic rings. The largest absolute Gasteiger partial charge is 0.465 e. The summed E-state index contributed by atoms with van der Waals surface area (Å²) in [7, 11) is 1.31. The molecule has 1 saturated carbocycles. The van der Waals surface area contributed by atoms with Crippen LogP contribution in [0.5, 0.6) is 0 Å². The lowest BCUT2D eigenvalue weighted by molar-refractivity contribution is -0.138. The van der Waals surface area contributed by atoms with Gasteiger partial charge in [-0.05, 0) is 24.2 Å². The SMILES string of the molecule is COC(=O)C1=C[C@H]2CC(C)(C)C[C@H]2C1=O. The van der Waals surface area contributed by atoms with Gasteiger partial charge in [0.1, 0.15) is 0 Å². The van der Waals surface area contributed by atoms with Gasteiger partial charge < -0.3 is 4.74 Å². The first-order valence-electron chi connectivity index (χ1n) is 5.29. The van der Waals surface area contributed by atoms with E-state index in [0.717, 1.165) is 12.8 Å². The van der Waals surface area contributed by atoms with E-state index >= 15 is 0 Å². The van der Waals surface area contributed by atoms with Crippen molar-refractivity contribution < 1.29 is 14.3 Å². The molecule has 1 fully saturated rings. The molecular formula is C12H16O3. The molecule has 0 saturated heterocycles. The molecule has 2 aliphatic carbocycles. The Morgan fingerprint density at radius 3 is 2.67 bits per heavy atom. The second kappa shape index (κ2) is 3.19. The summed E-state index contributed by atoms with van der Waals surface area (Å²) in [4.78, 5) is 23.2. The van der Waals surface area contributed by atoms with Gasteiger partial charge in [0.2, 0.25) is 0 Å². The number of allylic oxidation sites excluding steroid dienone is 1. The summed E-state index contributed by atoms with van der Waals surface area (Å²) in [5.74, 6) is -0.222. The Hall–Kier alpha value is -1.12. The molecule has 0 heterocycles. The molecule has 0 unspecified atom stereocenters. The molecule has 15 heavy (non-hydrogen) atoms. The number of fused-ring (bicyclic) bond motifs is 1. The molecule has 0 N–H and O–H groups in total. The number of methoxy groups -OCH3 is 1. The first-order valence-corrected chi connectivity index (χ1v) is 5.29. The van der Waals surface area contributed by atoms with Crippen molar-refractivity contribution in [1.82, 2.24) is 0 Å². The number of carbonyl (C=O) groups is 2. The summed E-state index contributed by atoms with van der Waals surface area (Å²) in [6.45, 7) is 4.34. The van der Waals surface area contributed by atoms with Crippen molar-refractivity contribution in [2.75, 3.05) is 7.11 Å². The Balaban J connectivity index is 2.23. The Morgan fingerprint density at radius 2 is 2.13 bits per heavy atom. The summed E-state index contributed by atoms with van der Waals surface area (Å²) in [5, 5.41) is 0. The normalized spacial score (nSPS) is 32.5. The number of hydrogen-bond acceptors (Lipinski definition) is 3. The zero-order valence-electron chi connectivity index (χ0n) is 9.37. The molecule has 0 aliphatic heterocycles. The maximum atomic E-state index is 11.9. The van der Waals surface area contributed by atoms with E-state index < -0.39 is 5.97 Å². The van der Waals surface area contributed by atoms with E-state index in [2.05, 4.69) is 18.6 Å². The predicted octanol–water partition coefficient (Wildman–Crippen LogP) is 1.72. The van der Waals surface area contributed by atoms with E-state index in [4.69, 9.17) is 0 Å². The monoisotopic (exact) mass is 208 g/mol. The average Bonchev–Trinajstić information content (AvgIpc) is 2.60. The lowest BCUT2D eigenvalue weighted by atomic mass is 9.88. The van der Waals surface area contributed by atoms with Crippen LogP contribution in [0, 0.1) is 17.3 Å². The van der Waals surface area contributed by atoms with Gasteiger partial charge in [0, 0.05) is 5.92 Å². The number of esters is 1. The van der Waals surface area contributed by atoms with Crippen molar-refractivity contribution in [2.45, 2.75) is 26.7 Å². The number of carbonyl (C=O) groups excluding carboxylic acids is 2. The summed E-state index contributed by atoms with van der Waals surface area (Å²) in [6, 6.07) is 0. The minimum atomic E-state index is -0.479. The second-order valence-electron chi connectivity index (χ2n) is 5.28. The van der Waals surface area contributed by atoms with Crippen LogP contribution in [0.3, 0.4) is 0 Å².